The first-order valence-corrected chi connectivity index (χ1v) is 1.82. The Bertz CT molecular complexity index is 17.6. The fourth-order valence-corrected chi connectivity index (χ4v) is 0. The quantitative estimate of drug-likeness (QED) is 0.486. The Morgan fingerprint density at radius 3 is 1.80 bits per heavy atom. The Balaban J connectivity index is 2.54. The minimum Gasteiger partial charge on any atom is -0.326 e. The van der Waals surface area contributed by atoms with Crippen LogP contribution in [0, 0.1) is 12.5 Å². The second kappa shape index (κ2) is 2.21. The molecule has 0 aromatic rings. The van der Waals surface area contributed by atoms with Crippen LogP contribution in [-0.4, -0.2) is 0 Å². The van der Waals surface area contributed by atoms with Gasteiger partial charge in [0.15, 0.2) is 0 Å². The molecule has 5 heavy (non-hydrogen) atoms. The van der Waals surface area contributed by atoms with E-state index in [1.165, 1.54) is 0 Å². The van der Waals surface area contributed by atoms with E-state index in [1.807, 2.05) is 13.8 Å². The van der Waals surface area contributed by atoms with Gasteiger partial charge in [0, 0.05) is 6.54 Å². The van der Waals surface area contributed by atoms with Crippen LogP contribution in [0.15, 0.2) is 0 Å². The van der Waals surface area contributed by atoms with Gasteiger partial charge >= 0.3 is 0 Å². The van der Waals surface area contributed by atoms with Crippen molar-refractivity contribution in [2.24, 2.45) is 11.7 Å². The van der Waals surface area contributed by atoms with Gasteiger partial charge in [-0.15, -0.1) is 0 Å². The molecule has 0 heterocycles. The first kappa shape index (κ1) is 4.96. The third-order valence-corrected chi connectivity index (χ3v) is 0.385. The molecule has 0 bridgehead atoms. The highest BCUT2D eigenvalue weighted by Gasteiger charge is 1.81. The lowest BCUT2D eigenvalue weighted by atomic mass is 10.2. The van der Waals surface area contributed by atoms with Gasteiger partial charge in [0.1, 0.15) is 0 Å². The fraction of sp³-hybridized carbons (Fsp3) is 0.750. The van der Waals surface area contributed by atoms with Crippen LogP contribution in [0.5, 0.6) is 0 Å². The van der Waals surface area contributed by atoms with E-state index in [1.54, 1.807) is 6.54 Å². The smallest absolute Gasteiger partial charge is 0.0218 e. The summed E-state index contributed by atoms with van der Waals surface area (Å²) in [6.07, 6.45) is 0. The summed E-state index contributed by atoms with van der Waals surface area (Å²) in [5.41, 5.74) is 5.05. The first-order valence-electron chi connectivity index (χ1n) is 1.82. The molecular formula is C4H10N. The Hall–Kier alpha value is -0.0400. The van der Waals surface area contributed by atoms with E-state index in [-0.39, 0.29) is 0 Å². The number of hydrogen-bond acceptors (Lipinski definition) is 1. The molecule has 0 saturated heterocycles. The highest BCUT2D eigenvalue weighted by molar-refractivity contribution is 4.55. The summed E-state index contributed by atoms with van der Waals surface area (Å²) in [5, 5.41) is 0. The monoisotopic (exact) mass is 72.1 g/mol. The Morgan fingerprint density at radius 2 is 1.80 bits per heavy atom. The summed E-state index contributed by atoms with van der Waals surface area (Å²) in [6, 6.07) is 0. The number of rotatable bonds is 1. The Morgan fingerprint density at radius 1 is 1.60 bits per heavy atom. The van der Waals surface area contributed by atoms with Crippen molar-refractivity contribution < 1.29 is 0 Å². The third-order valence-electron chi connectivity index (χ3n) is 0.385. The Kier molecular flexibility index (Phi) is 2.19. The lowest BCUT2D eigenvalue weighted by molar-refractivity contribution is 0.749. The van der Waals surface area contributed by atoms with Crippen LogP contribution < -0.4 is 5.73 Å². The van der Waals surface area contributed by atoms with Crippen LogP contribution in [0.4, 0.5) is 0 Å². The SMILES string of the molecule is CC(C)[CH]N. The molecule has 0 saturated carbocycles. The normalized spacial score (nSPS) is 9.60. The molecule has 1 radical (unpaired) electrons. The Labute approximate surface area is 33.2 Å². The van der Waals surface area contributed by atoms with Crippen molar-refractivity contribution in [3.63, 3.8) is 0 Å². The molecule has 0 aromatic heterocycles. The van der Waals surface area contributed by atoms with E-state index in [0.717, 1.165) is 0 Å². The lowest BCUT2D eigenvalue weighted by Crippen LogP contribution is -1.96. The maximum absolute atomic E-state index is 5.05. The molecule has 31 valence electrons. The summed E-state index contributed by atoms with van der Waals surface area (Å²) < 4.78 is 0. The van der Waals surface area contributed by atoms with Crippen molar-refractivity contribution in [1.29, 1.82) is 0 Å². The van der Waals surface area contributed by atoms with Crippen LogP contribution in [0.3, 0.4) is 0 Å². The summed E-state index contributed by atoms with van der Waals surface area (Å²) in [4.78, 5) is 0. The van der Waals surface area contributed by atoms with Crippen LogP contribution in [0.2, 0.25) is 0 Å². The van der Waals surface area contributed by atoms with Crippen LogP contribution in [0.25, 0.3) is 0 Å². The van der Waals surface area contributed by atoms with Crippen molar-refractivity contribution in [2.45, 2.75) is 13.8 Å². The van der Waals surface area contributed by atoms with Gasteiger partial charge in [-0.1, -0.05) is 13.8 Å². The predicted molar refractivity (Wildman–Crippen MR) is 23.3 cm³/mol. The molecule has 0 amide bonds. The molecule has 0 spiro atoms. The van der Waals surface area contributed by atoms with Crippen LogP contribution >= 0.6 is 0 Å². The summed E-state index contributed by atoms with van der Waals surface area (Å²) in [5.74, 6) is 0.537. The van der Waals surface area contributed by atoms with E-state index in [0.29, 0.717) is 5.92 Å². The second-order valence-corrected chi connectivity index (χ2v) is 1.44. The van der Waals surface area contributed by atoms with Crippen LogP contribution in [-0.2, 0) is 0 Å². The molecular weight excluding hydrogens is 62.1 g/mol. The molecule has 2 N–H and O–H groups in total. The second-order valence-electron chi connectivity index (χ2n) is 1.44. The number of nitrogens with two attached hydrogens (primary N) is 1. The summed E-state index contributed by atoms with van der Waals surface area (Å²) in [7, 11) is 0. The highest BCUT2D eigenvalue weighted by Crippen LogP contribution is 1.86. The minimum absolute atomic E-state index is 0.537. The lowest BCUT2D eigenvalue weighted by Gasteiger charge is -1.90. The van der Waals surface area contributed by atoms with E-state index in [9.17, 15) is 0 Å². The minimum atomic E-state index is 0.537. The fourth-order valence-electron chi connectivity index (χ4n) is 0. The first-order chi connectivity index (χ1) is 2.27. The molecule has 0 unspecified atom stereocenters. The molecule has 0 rings (SSSR count). The van der Waals surface area contributed by atoms with E-state index >= 15 is 0 Å². The van der Waals surface area contributed by atoms with Gasteiger partial charge in [0.2, 0.25) is 0 Å². The van der Waals surface area contributed by atoms with Crippen molar-refractivity contribution in [3.8, 4) is 0 Å². The van der Waals surface area contributed by atoms with Crippen LogP contribution in [0.1, 0.15) is 13.8 Å². The molecule has 0 aliphatic carbocycles. The van der Waals surface area contributed by atoms with Crippen molar-refractivity contribution in [2.75, 3.05) is 0 Å². The molecule has 0 atom stereocenters. The molecule has 0 aromatic carbocycles. The van der Waals surface area contributed by atoms with Gasteiger partial charge in [-0.2, -0.15) is 0 Å². The maximum atomic E-state index is 5.05. The highest BCUT2D eigenvalue weighted by atomic mass is 14.5. The molecule has 1 heteroatoms. The molecule has 1 nitrogen and oxygen atoms in total. The zero-order valence-corrected chi connectivity index (χ0v) is 3.73. The van der Waals surface area contributed by atoms with Gasteiger partial charge in [0.05, 0.1) is 0 Å². The van der Waals surface area contributed by atoms with Gasteiger partial charge in [-0.3, -0.25) is 0 Å². The van der Waals surface area contributed by atoms with Gasteiger partial charge in [-0.05, 0) is 5.92 Å². The zero-order chi connectivity index (χ0) is 4.28. The van der Waals surface area contributed by atoms with Crippen molar-refractivity contribution in [3.05, 3.63) is 6.54 Å². The van der Waals surface area contributed by atoms with Gasteiger partial charge in [-0.25, -0.2) is 0 Å². The predicted octanol–water partition coefficient (Wildman–Crippen LogP) is 0.763. The molecule has 0 fully saturated rings. The third kappa shape index (κ3) is 3.96. The van der Waals surface area contributed by atoms with Crippen molar-refractivity contribution >= 4 is 0 Å². The van der Waals surface area contributed by atoms with E-state index in [2.05, 4.69) is 0 Å². The molecule has 0 aliphatic heterocycles. The average molecular weight is 72.1 g/mol. The van der Waals surface area contributed by atoms with Gasteiger partial charge in [0.25, 0.3) is 0 Å². The zero-order valence-electron chi connectivity index (χ0n) is 3.73. The van der Waals surface area contributed by atoms with Gasteiger partial charge < -0.3 is 5.73 Å². The summed E-state index contributed by atoms with van der Waals surface area (Å²) in [6.45, 7) is 5.75. The van der Waals surface area contributed by atoms with Crippen molar-refractivity contribution in [1.82, 2.24) is 0 Å². The van der Waals surface area contributed by atoms with E-state index < -0.39 is 0 Å². The van der Waals surface area contributed by atoms with E-state index in [4.69, 9.17) is 5.73 Å². The number of hydrogen-bond donors (Lipinski definition) is 1. The summed E-state index contributed by atoms with van der Waals surface area (Å²) >= 11 is 0. The maximum Gasteiger partial charge on any atom is 0.0218 e. The standard InChI is InChI=1S/C4H10N/c1-4(2)3-5/h3-4H,5H2,1-2H3. The molecule has 0 aliphatic rings. The average Bonchev–Trinajstić information content (AvgIpc) is 1.38. The largest absolute Gasteiger partial charge is 0.326 e. The topological polar surface area (TPSA) is 26.0 Å².